The molecule has 3 aromatic carbocycles. The zero-order valence-corrected chi connectivity index (χ0v) is 16.4. The smallest absolute Gasteiger partial charge is 0.244 e. The fourth-order valence-electron chi connectivity index (χ4n) is 3.37. The average molecular weight is 401 g/mol. The third-order valence-electron chi connectivity index (χ3n) is 4.95. The molecule has 1 heterocycles. The van der Waals surface area contributed by atoms with E-state index >= 15 is 0 Å². The van der Waals surface area contributed by atoms with E-state index in [0.717, 1.165) is 5.56 Å². The van der Waals surface area contributed by atoms with Crippen molar-refractivity contribution in [2.75, 3.05) is 16.8 Å². The lowest BCUT2D eigenvalue weighted by Crippen LogP contribution is -2.38. The molecule has 0 spiro atoms. The van der Waals surface area contributed by atoms with Crippen molar-refractivity contribution in [2.45, 2.75) is 13.3 Å². The number of amides is 2. The Hall–Kier alpha value is -3.80. The minimum absolute atomic E-state index is 0.0119. The first-order valence-electron chi connectivity index (χ1n) is 9.59. The first-order valence-corrected chi connectivity index (χ1v) is 9.59. The van der Waals surface area contributed by atoms with Gasteiger partial charge in [-0.15, -0.1) is 0 Å². The molecule has 0 unspecified atom stereocenters. The molecule has 1 aliphatic rings. The Kier molecular flexibility index (Phi) is 5.39. The molecular formula is C24H20FN3O2. The van der Waals surface area contributed by atoms with E-state index in [9.17, 15) is 14.0 Å². The number of hydrogen-bond acceptors (Lipinski definition) is 3. The second-order valence-corrected chi connectivity index (χ2v) is 7.07. The average Bonchev–Trinajstić information content (AvgIpc) is 2.87. The SMILES string of the molecule is Cc1ccccc1NC(=O)CN1C(=O)CC(c2ccc(F)cc2)=Nc2ccccc21. The monoisotopic (exact) mass is 401 g/mol. The number of aryl methyl sites for hydroxylation is 1. The van der Waals surface area contributed by atoms with Crippen LogP contribution < -0.4 is 10.2 Å². The molecule has 0 radical (unpaired) electrons. The maximum absolute atomic E-state index is 13.3. The van der Waals surface area contributed by atoms with Crippen LogP contribution in [0.5, 0.6) is 0 Å². The summed E-state index contributed by atoms with van der Waals surface area (Å²) < 4.78 is 13.3. The van der Waals surface area contributed by atoms with Crippen LogP contribution in [0.2, 0.25) is 0 Å². The van der Waals surface area contributed by atoms with Crippen LogP contribution >= 0.6 is 0 Å². The van der Waals surface area contributed by atoms with Crippen LogP contribution in [0.1, 0.15) is 17.5 Å². The topological polar surface area (TPSA) is 61.8 Å². The third kappa shape index (κ3) is 4.12. The molecule has 1 N–H and O–H groups in total. The molecule has 0 bridgehead atoms. The quantitative estimate of drug-likeness (QED) is 0.693. The minimum Gasteiger partial charge on any atom is -0.324 e. The lowest BCUT2D eigenvalue weighted by Gasteiger charge is -2.22. The second-order valence-electron chi connectivity index (χ2n) is 7.07. The van der Waals surface area contributed by atoms with Gasteiger partial charge in [-0.3, -0.25) is 14.6 Å². The summed E-state index contributed by atoms with van der Waals surface area (Å²) >= 11 is 0. The zero-order valence-electron chi connectivity index (χ0n) is 16.4. The minimum atomic E-state index is -0.353. The number of hydrogen-bond donors (Lipinski definition) is 1. The maximum Gasteiger partial charge on any atom is 0.244 e. The van der Waals surface area contributed by atoms with Crippen molar-refractivity contribution >= 4 is 34.6 Å². The van der Waals surface area contributed by atoms with Crippen molar-refractivity contribution in [3.63, 3.8) is 0 Å². The summed E-state index contributed by atoms with van der Waals surface area (Å²) in [6, 6.07) is 20.5. The first-order chi connectivity index (χ1) is 14.5. The van der Waals surface area contributed by atoms with Gasteiger partial charge in [0.25, 0.3) is 0 Å². The fraction of sp³-hybridized carbons (Fsp3) is 0.125. The molecule has 6 heteroatoms. The fourth-order valence-corrected chi connectivity index (χ4v) is 3.37. The van der Waals surface area contributed by atoms with Gasteiger partial charge in [0.15, 0.2) is 0 Å². The normalized spacial score (nSPS) is 13.3. The molecule has 0 saturated carbocycles. The lowest BCUT2D eigenvalue weighted by atomic mass is 10.1. The van der Waals surface area contributed by atoms with Crippen LogP contribution in [0.4, 0.5) is 21.5 Å². The number of nitrogens with zero attached hydrogens (tertiary/aromatic N) is 2. The number of halogens is 1. The number of fused-ring (bicyclic) bond motifs is 1. The van der Waals surface area contributed by atoms with E-state index in [2.05, 4.69) is 10.3 Å². The summed E-state index contributed by atoms with van der Waals surface area (Å²) in [5.74, 6) is -0.894. The number of para-hydroxylation sites is 3. The van der Waals surface area contributed by atoms with Crippen LogP contribution in [0.15, 0.2) is 77.8 Å². The maximum atomic E-state index is 13.3. The Morgan fingerprint density at radius 3 is 2.50 bits per heavy atom. The number of rotatable bonds is 4. The van der Waals surface area contributed by atoms with Gasteiger partial charge in [0, 0.05) is 5.69 Å². The van der Waals surface area contributed by atoms with Crippen LogP contribution in [-0.2, 0) is 9.59 Å². The molecule has 3 aromatic rings. The summed E-state index contributed by atoms with van der Waals surface area (Å²) in [5, 5.41) is 2.87. The van der Waals surface area contributed by atoms with E-state index in [4.69, 9.17) is 0 Å². The molecule has 5 nitrogen and oxygen atoms in total. The summed E-state index contributed by atoms with van der Waals surface area (Å²) in [4.78, 5) is 31.9. The van der Waals surface area contributed by atoms with E-state index in [-0.39, 0.29) is 30.6 Å². The van der Waals surface area contributed by atoms with Crippen molar-refractivity contribution < 1.29 is 14.0 Å². The van der Waals surface area contributed by atoms with Gasteiger partial charge in [0.1, 0.15) is 12.4 Å². The Balaban J connectivity index is 1.62. The van der Waals surface area contributed by atoms with Crippen LogP contribution in [0.25, 0.3) is 0 Å². The van der Waals surface area contributed by atoms with Gasteiger partial charge in [-0.05, 0) is 48.4 Å². The summed E-state index contributed by atoms with van der Waals surface area (Å²) in [6.07, 6.45) is 0.0119. The highest BCUT2D eigenvalue weighted by atomic mass is 19.1. The molecule has 0 fully saturated rings. The highest BCUT2D eigenvalue weighted by Crippen LogP contribution is 2.33. The largest absolute Gasteiger partial charge is 0.324 e. The molecule has 4 rings (SSSR count). The highest BCUT2D eigenvalue weighted by Gasteiger charge is 2.26. The summed E-state index contributed by atoms with van der Waals surface area (Å²) in [5.41, 5.74) is 4.02. The Labute approximate surface area is 173 Å². The molecule has 1 aliphatic heterocycles. The predicted octanol–water partition coefficient (Wildman–Crippen LogP) is 4.63. The number of carbonyl (C=O) groups is 2. The van der Waals surface area contributed by atoms with Gasteiger partial charge >= 0.3 is 0 Å². The van der Waals surface area contributed by atoms with Gasteiger partial charge in [0.05, 0.1) is 23.5 Å². The van der Waals surface area contributed by atoms with E-state index < -0.39 is 0 Å². The van der Waals surface area contributed by atoms with Gasteiger partial charge in [-0.25, -0.2) is 4.39 Å². The molecule has 0 atom stereocenters. The van der Waals surface area contributed by atoms with Gasteiger partial charge in [-0.2, -0.15) is 0 Å². The predicted molar refractivity (Wildman–Crippen MR) is 116 cm³/mol. The van der Waals surface area contributed by atoms with Crippen LogP contribution in [-0.4, -0.2) is 24.1 Å². The first kappa shape index (κ1) is 19.5. The van der Waals surface area contributed by atoms with Gasteiger partial charge in [0.2, 0.25) is 11.8 Å². The Bertz CT molecular complexity index is 1140. The van der Waals surface area contributed by atoms with Crippen molar-refractivity contribution in [2.24, 2.45) is 4.99 Å². The number of aliphatic imine (C=N–C) groups is 1. The molecule has 0 saturated heterocycles. The standard InChI is InChI=1S/C24H20FN3O2/c1-16-6-2-3-7-19(16)27-23(29)15-28-22-9-5-4-8-20(22)26-21(14-24(28)30)17-10-12-18(25)13-11-17/h2-13H,14-15H2,1H3,(H,27,29). The lowest BCUT2D eigenvalue weighted by molar-refractivity contribution is -0.120. The molecule has 150 valence electrons. The van der Waals surface area contributed by atoms with Crippen molar-refractivity contribution in [1.82, 2.24) is 0 Å². The Morgan fingerprint density at radius 2 is 1.73 bits per heavy atom. The van der Waals surface area contributed by atoms with Crippen molar-refractivity contribution in [1.29, 1.82) is 0 Å². The van der Waals surface area contributed by atoms with Crippen LogP contribution in [0, 0.1) is 12.7 Å². The van der Waals surface area contributed by atoms with E-state index in [1.54, 1.807) is 30.3 Å². The molecule has 0 aliphatic carbocycles. The second kappa shape index (κ2) is 8.29. The van der Waals surface area contributed by atoms with E-state index in [1.807, 2.05) is 37.3 Å². The molecule has 0 aromatic heterocycles. The zero-order chi connectivity index (χ0) is 21.1. The molecular weight excluding hydrogens is 381 g/mol. The van der Waals surface area contributed by atoms with Gasteiger partial charge in [-0.1, -0.05) is 42.5 Å². The number of anilines is 2. The molecule has 30 heavy (non-hydrogen) atoms. The number of nitrogens with one attached hydrogen (secondary N) is 1. The highest BCUT2D eigenvalue weighted by molar-refractivity contribution is 6.19. The molecule has 2 amide bonds. The number of benzene rings is 3. The third-order valence-corrected chi connectivity index (χ3v) is 4.95. The van der Waals surface area contributed by atoms with Gasteiger partial charge < -0.3 is 10.2 Å². The summed E-state index contributed by atoms with van der Waals surface area (Å²) in [6.45, 7) is 1.78. The van der Waals surface area contributed by atoms with Crippen molar-refractivity contribution in [3.05, 3.63) is 89.7 Å². The Morgan fingerprint density at radius 1 is 1.03 bits per heavy atom. The van der Waals surface area contributed by atoms with Crippen LogP contribution in [0.3, 0.4) is 0 Å². The van der Waals surface area contributed by atoms with Crippen molar-refractivity contribution in [3.8, 4) is 0 Å². The van der Waals surface area contributed by atoms with E-state index in [0.29, 0.717) is 28.3 Å². The summed E-state index contributed by atoms with van der Waals surface area (Å²) in [7, 11) is 0. The van der Waals surface area contributed by atoms with E-state index in [1.165, 1.54) is 17.0 Å². The number of carbonyl (C=O) groups excluding carboxylic acids is 2.